The molecule has 7 aromatic rings. The number of aromatic nitrogens is 3. The third kappa shape index (κ3) is 7.20. The van der Waals surface area contributed by atoms with Gasteiger partial charge in [0.05, 0.1) is 5.52 Å². The van der Waals surface area contributed by atoms with Gasteiger partial charge in [-0.05, 0) is 61.6 Å². The van der Waals surface area contributed by atoms with Crippen molar-refractivity contribution >= 4 is 49.3 Å². The first-order chi connectivity index (χ1) is 24.6. The van der Waals surface area contributed by atoms with Crippen molar-refractivity contribution < 1.29 is 30.0 Å². The Balaban J connectivity index is 0.000000250. The number of benzene rings is 5. The molecule has 0 aliphatic heterocycles. The number of ketones is 1. The van der Waals surface area contributed by atoms with Gasteiger partial charge in [0.1, 0.15) is 17.7 Å². The van der Waals surface area contributed by atoms with Crippen LogP contribution in [-0.2, 0) is 24.9 Å². The van der Waals surface area contributed by atoms with Crippen LogP contribution in [0, 0.1) is 23.8 Å². The zero-order valence-corrected chi connectivity index (χ0v) is 33.6. The average molecular weight is 867 g/mol. The molecule has 5 aromatic carbocycles. The molecular weight excluding hydrogens is 819 g/mol. The van der Waals surface area contributed by atoms with E-state index in [4.69, 9.17) is 9.97 Å². The number of fused-ring (bicyclic) bond motifs is 6. The maximum absolute atomic E-state index is 12.2. The molecule has 2 heterocycles. The number of nitrogens with zero attached hydrogens (tertiary/aromatic N) is 3. The molecule has 0 atom stereocenters. The van der Waals surface area contributed by atoms with Crippen LogP contribution in [0.15, 0.2) is 115 Å². The number of hydrogen-bond donors (Lipinski definition) is 1. The fraction of sp³-hybridized carbons (Fsp3) is 0.283. The number of hydrogen-bond acceptors (Lipinski definition) is 4. The van der Waals surface area contributed by atoms with Crippen molar-refractivity contribution in [3.05, 3.63) is 127 Å². The van der Waals surface area contributed by atoms with Crippen molar-refractivity contribution in [3.63, 3.8) is 0 Å². The van der Waals surface area contributed by atoms with Crippen LogP contribution in [0.3, 0.4) is 0 Å². The SMILES string of the molecule is CCC(C)(CC)C(=O)/C=C(\O)C(C)(CC)CC.Cc1ccc2c(ccc3c2c2c(-c4[c-]cc5ccccc5c4)ncnc2n3-c2ccccc2)c1.[Ir]. The number of allylic oxidation sites excluding steroid dienone is 2. The van der Waals surface area contributed by atoms with Gasteiger partial charge < -0.3 is 5.11 Å². The summed E-state index contributed by atoms with van der Waals surface area (Å²) in [6.07, 6.45) is 6.43. The number of carbonyl (C=O) groups excluding carboxylic acids is 1. The van der Waals surface area contributed by atoms with E-state index >= 15 is 0 Å². The Morgan fingerprint density at radius 2 is 1.42 bits per heavy atom. The van der Waals surface area contributed by atoms with Crippen molar-refractivity contribution in [3.8, 4) is 16.9 Å². The Hall–Kier alpha value is -4.64. The molecule has 1 radical (unpaired) electrons. The summed E-state index contributed by atoms with van der Waals surface area (Å²) in [4.78, 5) is 21.8. The van der Waals surface area contributed by atoms with E-state index < -0.39 is 0 Å². The summed E-state index contributed by atoms with van der Waals surface area (Å²) in [5.74, 6) is 0.286. The van der Waals surface area contributed by atoms with Gasteiger partial charge in [-0.2, -0.15) is 0 Å². The molecule has 0 saturated heterocycles. The number of rotatable bonds is 9. The van der Waals surface area contributed by atoms with Crippen LogP contribution in [0.1, 0.15) is 72.8 Å². The van der Waals surface area contributed by atoms with E-state index in [1.54, 1.807) is 6.33 Å². The van der Waals surface area contributed by atoms with Crippen molar-refractivity contribution in [1.29, 1.82) is 0 Å². The van der Waals surface area contributed by atoms with Crippen molar-refractivity contribution in [2.24, 2.45) is 10.8 Å². The zero-order chi connectivity index (χ0) is 36.3. The minimum Gasteiger partial charge on any atom is -0.512 e. The molecule has 0 saturated carbocycles. The topological polar surface area (TPSA) is 68.0 Å². The quantitative estimate of drug-likeness (QED) is 0.0892. The number of aliphatic hydroxyl groups is 1. The van der Waals surface area contributed by atoms with Gasteiger partial charge in [-0.1, -0.05) is 119 Å². The molecule has 5 nitrogen and oxygen atoms in total. The molecule has 7 rings (SSSR count). The van der Waals surface area contributed by atoms with Crippen LogP contribution in [0.4, 0.5) is 0 Å². The van der Waals surface area contributed by atoms with Gasteiger partial charge in [0.25, 0.3) is 0 Å². The Morgan fingerprint density at radius 1 is 0.769 bits per heavy atom. The fourth-order valence-electron chi connectivity index (χ4n) is 6.77. The summed E-state index contributed by atoms with van der Waals surface area (Å²) >= 11 is 0. The molecule has 0 aliphatic rings. The van der Waals surface area contributed by atoms with Crippen LogP contribution in [0.2, 0.25) is 0 Å². The van der Waals surface area contributed by atoms with E-state index in [-0.39, 0.29) is 42.5 Å². The summed E-state index contributed by atoms with van der Waals surface area (Å²) in [5, 5.41) is 17.1. The van der Waals surface area contributed by atoms with E-state index in [1.807, 2.05) is 47.6 Å². The Bertz CT molecular complexity index is 2380. The van der Waals surface area contributed by atoms with Crippen molar-refractivity contribution in [1.82, 2.24) is 14.5 Å². The Kier molecular flexibility index (Phi) is 11.8. The molecule has 52 heavy (non-hydrogen) atoms. The molecule has 1 N–H and O–H groups in total. The predicted molar refractivity (Wildman–Crippen MR) is 213 cm³/mol. The third-order valence-electron chi connectivity index (χ3n) is 11.2. The first-order valence-corrected chi connectivity index (χ1v) is 18.2. The first-order valence-electron chi connectivity index (χ1n) is 18.2. The standard InChI is InChI=1S/C31H20N3.C15H28O2.Ir/c1-20-11-15-26-23(17-20)14-16-27-28(26)29-30(24-13-12-21-7-5-6-8-22(21)18-24)32-19-33-31(29)34(27)25-9-3-2-4-10-25;1-7-14(5,8-2)12(16)11-13(17)15(6,9-3)10-4;/h2-12,14-19H,1H3;11,16H,7-10H2,1-6H3;/q-1;;/b;12-11-;. The number of carbonyl (C=O) groups is 1. The minimum atomic E-state index is -0.337. The second kappa shape index (κ2) is 15.9. The predicted octanol–water partition coefficient (Wildman–Crippen LogP) is 12.3. The molecular formula is C46H48IrN3O2-. The first kappa shape index (κ1) is 38.6. The number of aliphatic hydroxyl groups excluding tert-OH is 1. The van der Waals surface area contributed by atoms with Crippen molar-refractivity contribution in [2.75, 3.05) is 0 Å². The smallest absolute Gasteiger partial charge is 0.164 e. The second-order valence-corrected chi connectivity index (χ2v) is 14.2. The van der Waals surface area contributed by atoms with E-state index in [9.17, 15) is 9.90 Å². The molecule has 2 aromatic heterocycles. The van der Waals surface area contributed by atoms with E-state index in [1.165, 1.54) is 38.6 Å². The molecule has 0 fully saturated rings. The fourth-order valence-corrected chi connectivity index (χ4v) is 6.77. The Morgan fingerprint density at radius 3 is 2.10 bits per heavy atom. The summed E-state index contributed by atoms with van der Waals surface area (Å²) in [7, 11) is 0. The van der Waals surface area contributed by atoms with E-state index in [0.717, 1.165) is 59.2 Å². The van der Waals surface area contributed by atoms with Gasteiger partial charge in [-0.3, -0.25) is 14.3 Å². The number of para-hydroxylation sites is 1. The summed E-state index contributed by atoms with van der Waals surface area (Å²) in [6.45, 7) is 14.2. The van der Waals surface area contributed by atoms with E-state index in [0.29, 0.717) is 0 Å². The zero-order valence-electron chi connectivity index (χ0n) is 31.3. The van der Waals surface area contributed by atoms with Gasteiger partial charge in [0.2, 0.25) is 0 Å². The summed E-state index contributed by atoms with van der Waals surface area (Å²) < 4.78 is 2.25. The number of aryl methyl sites for hydroxylation is 1. The average Bonchev–Trinajstić information content (AvgIpc) is 3.52. The largest absolute Gasteiger partial charge is 0.512 e. The molecule has 6 heteroatoms. The monoisotopic (exact) mass is 867 g/mol. The van der Waals surface area contributed by atoms with Crippen LogP contribution < -0.4 is 0 Å². The minimum absolute atomic E-state index is 0. The molecule has 0 amide bonds. The van der Waals surface area contributed by atoms with Gasteiger partial charge >= 0.3 is 0 Å². The third-order valence-corrected chi connectivity index (χ3v) is 11.2. The van der Waals surface area contributed by atoms with Gasteiger partial charge in [-0.15, -0.1) is 29.1 Å². The molecule has 0 unspecified atom stereocenters. The van der Waals surface area contributed by atoms with Gasteiger partial charge in [-0.25, -0.2) is 4.98 Å². The molecule has 269 valence electrons. The summed E-state index contributed by atoms with van der Waals surface area (Å²) in [5.41, 5.74) is 5.64. The molecule has 0 bridgehead atoms. The van der Waals surface area contributed by atoms with Crippen LogP contribution in [0.5, 0.6) is 0 Å². The van der Waals surface area contributed by atoms with Crippen LogP contribution in [0.25, 0.3) is 60.4 Å². The maximum Gasteiger partial charge on any atom is 0.164 e. The maximum atomic E-state index is 12.2. The second-order valence-electron chi connectivity index (χ2n) is 14.2. The molecule has 0 aliphatic carbocycles. The summed E-state index contributed by atoms with van der Waals surface area (Å²) in [6, 6.07) is 37.6. The van der Waals surface area contributed by atoms with Gasteiger partial charge in [0.15, 0.2) is 5.78 Å². The van der Waals surface area contributed by atoms with Crippen molar-refractivity contribution in [2.45, 2.75) is 74.1 Å². The van der Waals surface area contributed by atoms with Crippen LogP contribution >= 0.6 is 0 Å². The van der Waals surface area contributed by atoms with Gasteiger partial charge in [0, 0.05) is 59.2 Å². The Labute approximate surface area is 321 Å². The van der Waals surface area contributed by atoms with Crippen LogP contribution in [-0.4, -0.2) is 25.4 Å². The van der Waals surface area contributed by atoms with E-state index in [2.05, 4.69) is 109 Å². The normalized spacial score (nSPS) is 12.2. The molecule has 0 spiro atoms.